The normalized spacial score (nSPS) is 20.4. The van der Waals surface area contributed by atoms with E-state index in [1.165, 1.54) is 12.8 Å². The number of benzene rings is 2. The molecular weight excluding hydrogens is 416 g/mol. The van der Waals surface area contributed by atoms with Crippen LogP contribution in [0.1, 0.15) is 34.7 Å². The third-order valence-corrected chi connectivity index (χ3v) is 6.38. The maximum atomic E-state index is 13.2. The van der Waals surface area contributed by atoms with Gasteiger partial charge in [0.25, 0.3) is 5.91 Å². The van der Waals surface area contributed by atoms with Gasteiger partial charge in [0.15, 0.2) is 11.5 Å². The van der Waals surface area contributed by atoms with Gasteiger partial charge in [0.2, 0.25) is 5.91 Å². The smallest absolute Gasteiger partial charge is 0.253 e. The van der Waals surface area contributed by atoms with Crippen LogP contribution >= 0.6 is 11.6 Å². The van der Waals surface area contributed by atoms with Gasteiger partial charge in [-0.25, -0.2) is 0 Å². The molecule has 2 amide bonds. The van der Waals surface area contributed by atoms with Crippen molar-refractivity contribution >= 4 is 23.4 Å². The quantitative estimate of drug-likeness (QED) is 0.709. The third kappa shape index (κ3) is 4.64. The van der Waals surface area contributed by atoms with Gasteiger partial charge in [-0.1, -0.05) is 23.7 Å². The lowest BCUT2D eigenvalue weighted by Gasteiger charge is -2.21. The number of ether oxygens (including phenoxy) is 2. The fourth-order valence-corrected chi connectivity index (χ4v) is 4.35. The van der Waals surface area contributed by atoms with Gasteiger partial charge in [0.05, 0.1) is 20.1 Å². The van der Waals surface area contributed by atoms with E-state index in [-0.39, 0.29) is 23.7 Å². The zero-order valence-electron chi connectivity index (χ0n) is 17.8. The number of rotatable bonds is 7. The number of hydrogen-bond donors (Lipinski definition) is 1. The van der Waals surface area contributed by atoms with Gasteiger partial charge >= 0.3 is 0 Å². The van der Waals surface area contributed by atoms with E-state index < -0.39 is 0 Å². The number of carbonyl (C=O) groups excluding carboxylic acids is 2. The second-order valence-corrected chi connectivity index (χ2v) is 8.64. The van der Waals surface area contributed by atoms with Gasteiger partial charge in [-0.2, -0.15) is 0 Å². The fourth-order valence-electron chi connectivity index (χ4n) is 4.23. The molecule has 0 aromatic heterocycles. The summed E-state index contributed by atoms with van der Waals surface area (Å²) < 4.78 is 11.1. The first-order valence-electron chi connectivity index (χ1n) is 10.5. The first-order chi connectivity index (χ1) is 15.0. The molecule has 2 fully saturated rings. The van der Waals surface area contributed by atoms with Crippen LogP contribution in [0.15, 0.2) is 42.5 Å². The number of methoxy groups -OCH3 is 2. The molecule has 164 valence electrons. The van der Waals surface area contributed by atoms with Gasteiger partial charge in [-0.05, 0) is 49.1 Å². The van der Waals surface area contributed by atoms with E-state index in [0.29, 0.717) is 47.6 Å². The van der Waals surface area contributed by atoms with Gasteiger partial charge in [-0.3, -0.25) is 9.59 Å². The van der Waals surface area contributed by atoms with E-state index in [2.05, 4.69) is 5.32 Å². The van der Waals surface area contributed by atoms with Crippen molar-refractivity contribution in [3.05, 3.63) is 58.6 Å². The molecule has 1 N–H and O–H groups in total. The maximum Gasteiger partial charge on any atom is 0.253 e. The second-order valence-electron chi connectivity index (χ2n) is 8.20. The first kappa shape index (κ1) is 21.5. The molecule has 1 aliphatic heterocycles. The molecular formula is C24H27ClN2O4. The van der Waals surface area contributed by atoms with E-state index in [0.717, 1.165) is 5.56 Å². The summed E-state index contributed by atoms with van der Waals surface area (Å²) >= 11 is 5.97. The molecule has 31 heavy (non-hydrogen) atoms. The van der Waals surface area contributed by atoms with E-state index >= 15 is 0 Å². The molecule has 0 spiro atoms. The van der Waals surface area contributed by atoms with Crippen LogP contribution < -0.4 is 14.8 Å². The lowest BCUT2D eigenvalue weighted by Crippen LogP contribution is -2.36. The Balaban J connectivity index is 1.62. The summed E-state index contributed by atoms with van der Waals surface area (Å²) in [6.45, 7) is 1.47. The van der Waals surface area contributed by atoms with Crippen molar-refractivity contribution < 1.29 is 19.1 Å². The lowest BCUT2D eigenvalue weighted by atomic mass is 9.87. The molecule has 1 saturated carbocycles. The molecule has 0 radical (unpaired) electrons. The molecule has 1 heterocycles. The Morgan fingerprint density at radius 3 is 2.45 bits per heavy atom. The molecule has 1 saturated heterocycles. The minimum atomic E-state index is -0.365. The predicted molar refractivity (Wildman–Crippen MR) is 119 cm³/mol. The van der Waals surface area contributed by atoms with Crippen molar-refractivity contribution in [1.82, 2.24) is 10.2 Å². The van der Waals surface area contributed by atoms with E-state index in [1.54, 1.807) is 43.4 Å². The Kier molecular flexibility index (Phi) is 6.37. The van der Waals surface area contributed by atoms with Gasteiger partial charge in [0, 0.05) is 41.7 Å². The Hall–Kier alpha value is -2.73. The summed E-state index contributed by atoms with van der Waals surface area (Å²) in [6.07, 6.45) is 2.33. The highest BCUT2D eigenvalue weighted by Crippen LogP contribution is 2.42. The topological polar surface area (TPSA) is 67.9 Å². The zero-order chi connectivity index (χ0) is 22.0. The van der Waals surface area contributed by atoms with Crippen LogP contribution in [0.4, 0.5) is 0 Å². The van der Waals surface area contributed by atoms with E-state index in [9.17, 15) is 9.59 Å². The number of para-hydroxylation sites is 1. The van der Waals surface area contributed by atoms with Gasteiger partial charge in [0.1, 0.15) is 0 Å². The molecule has 1 aliphatic carbocycles. The van der Waals surface area contributed by atoms with Gasteiger partial charge < -0.3 is 19.7 Å². The van der Waals surface area contributed by atoms with Crippen LogP contribution in [-0.2, 0) is 4.79 Å². The highest BCUT2D eigenvalue weighted by atomic mass is 35.5. The summed E-state index contributed by atoms with van der Waals surface area (Å²) in [7, 11) is 3.18. The average Bonchev–Trinajstić information content (AvgIpc) is 3.52. The SMILES string of the molecule is COc1cccc(C2CN(C(=O)c3ccc(Cl)cc3)CC2C(=O)NCC2CC2)c1OC. The highest BCUT2D eigenvalue weighted by molar-refractivity contribution is 6.30. The lowest BCUT2D eigenvalue weighted by molar-refractivity contribution is -0.125. The molecule has 6 nitrogen and oxygen atoms in total. The van der Waals surface area contributed by atoms with Crippen LogP contribution in [-0.4, -0.2) is 50.6 Å². The van der Waals surface area contributed by atoms with Crippen LogP contribution in [0.5, 0.6) is 11.5 Å². The van der Waals surface area contributed by atoms with Crippen LogP contribution in [0.3, 0.4) is 0 Å². The summed E-state index contributed by atoms with van der Waals surface area (Å²) in [6, 6.07) is 12.5. The van der Waals surface area contributed by atoms with Crippen molar-refractivity contribution in [2.45, 2.75) is 18.8 Å². The number of nitrogens with one attached hydrogen (secondary N) is 1. The van der Waals surface area contributed by atoms with Crippen LogP contribution in [0.2, 0.25) is 5.02 Å². The molecule has 2 aliphatic rings. The Labute approximate surface area is 187 Å². The number of nitrogens with zero attached hydrogens (tertiary/aromatic N) is 1. The third-order valence-electron chi connectivity index (χ3n) is 6.13. The minimum Gasteiger partial charge on any atom is -0.493 e. The fraction of sp³-hybridized carbons (Fsp3) is 0.417. The molecule has 2 aromatic carbocycles. The summed E-state index contributed by atoms with van der Waals surface area (Å²) in [5.74, 6) is 1.11. The van der Waals surface area contributed by atoms with Crippen LogP contribution in [0.25, 0.3) is 0 Å². The van der Waals surface area contributed by atoms with E-state index in [4.69, 9.17) is 21.1 Å². The van der Waals surface area contributed by atoms with Crippen molar-refractivity contribution in [3.63, 3.8) is 0 Å². The molecule has 0 bridgehead atoms. The average molecular weight is 443 g/mol. The van der Waals surface area contributed by atoms with Gasteiger partial charge in [-0.15, -0.1) is 0 Å². The Morgan fingerprint density at radius 1 is 1.06 bits per heavy atom. The summed E-state index contributed by atoms with van der Waals surface area (Å²) in [5, 5.41) is 3.67. The Bertz CT molecular complexity index is 959. The zero-order valence-corrected chi connectivity index (χ0v) is 18.5. The minimum absolute atomic E-state index is 0.0202. The van der Waals surface area contributed by atoms with Crippen LogP contribution in [0, 0.1) is 11.8 Å². The Morgan fingerprint density at radius 2 is 1.81 bits per heavy atom. The van der Waals surface area contributed by atoms with E-state index in [1.807, 2.05) is 18.2 Å². The highest BCUT2D eigenvalue weighted by Gasteiger charge is 2.42. The largest absolute Gasteiger partial charge is 0.493 e. The predicted octanol–water partition coefficient (Wildman–Crippen LogP) is 3.74. The second kappa shape index (κ2) is 9.18. The molecule has 4 rings (SSSR count). The number of hydrogen-bond acceptors (Lipinski definition) is 4. The number of amides is 2. The van der Waals surface area contributed by atoms with Crippen molar-refractivity contribution in [1.29, 1.82) is 0 Å². The summed E-state index contributed by atoms with van der Waals surface area (Å²) in [4.78, 5) is 28.0. The van der Waals surface area contributed by atoms with Crippen molar-refractivity contribution in [2.24, 2.45) is 11.8 Å². The standard InChI is InChI=1S/C24H27ClN2O4/c1-30-21-5-3-4-18(22(21)31-2)19-13-27(24(29)16-8-10-17(25)11-9-16)14-20(19)23(28)26-12-15-6-7-15/h3-5,8-11,15,19-20H,6-7,12-14H2,1-2H3,(H,26,28). The maximum absolute atomic E-state index is 13.2. The van der Waals surface area contributed by atoms with Crippen molar-refractivity contribution in [2.75, 3.05) is 33.9 Å². The number of halogens is 1. The number of likely N-dealkylation sites (tertiary alicyclic amines) is 1. The number of carbonyl (C=O) groups is 2. The summed E-state index contributed by atoms with van der Waals surface area (Å²) in [5.41, 5.74) is 1.43. The monoisotopic (exact) mass is 442 g/mol. The first-order valence-corrected chi connectivity index (χ1v) is 10.9. The molecule has 2 unspecified atom stereocenters. The molecule has 2 aromatic rings. The molecule has 7 heteroatoms. The van der Waals surface area contributed by atoms with Crippen molar-refractivity contribution in [3.8, 4) is 11.5 Å². The molecule has 2 atom stereocenters.